The number of nitrogens with one attached hydrogen (secondary N) is 2. The summed E-state index contributed by atoms with van der Waals surface area (Å²) in [6, 6.07) is 30.6. The van der Waals surface area contributed by atoms with Crippen LogP contribution in [0.25, 0.3) is 11.1 Å². The predicted octanol–water partition coefficient (Wildman–Crippen LogP) is 6.53. The number of esters is 1. The van der Waals surface area contributed by atoms with Crippen molar-refractivity contribution in [2.75, 3.05) is 13.7 Å². The molecule has 0 saturated carbocycles. The molecule has 0 fully saturated rings. The van der Waals surface area contributed by atoms with Gasteiger partial charge in [0.1, 0.15) is 23.6 Å². The number of carbonyl (C=O) groups excluding carboxylic acids is 2. The molecule has 2 atom stereocenters. The lowest BCUT2D eigenvalue weighted by atomic mass is 9.87. The Morgan fingerprint density at radius 3 is 2.21 bits per heavy atom. The van der Waals surface area contributed by atoms with Crippen LogP contribution in [0.5, 0.6) is 11.5 Å². The minimum Gasteiger partial charge on any atom is -0.467 e. The van der Waals surface area contributed by atoms with Crippen molar-refractivity contribution < 1.29 is 19.1 Å². The zero-order valence-electron chi connectivity index (χ0n) is 24.6. The SMILES string of the molecule is COC(=O)C(Cc1ccc(-c2ccccc2)cc1)NC(=O)C1NCCc2ccc(Oc3ccc(C(C)(C)C)cc3)cc21. The van der Waals surface area contributed by atoms with Crippen LogP contribution in [0.2, 0.25) is 0 Å². The molecule has 0 aromatic heterocycles. The zero-order valence-corrected chi connectivity index (χ0v) is 24.6. The van der Waals surface area contributed by atoms with Gasteiger partial charge in [-0.1, -0.05) is 93.6 Å². The summed E-state index contributed by atoms with van der Waals surface area (Å²) in [7, 11) is 1.34. The quantitative estimate of drug-likeness (QED) is 0.239. The Kier molecular flexibility index (Phi) is 8.74. The maximum atomic E-state index is 13.6. The molecule has 0 saturated heterocycles. The summed E-state index contributed by atoms with van der Waals surface area (Å²) < 4.78 is 11.2. The lowest BCUT2D eigenvalue weighted by molar-refractivity contribution is -0.145. The number of ether oxygens (including phenoxy) is 2. The molecule has 2 N–H and O–H groups in total. The Hall–Kier alpha value is -4.42. The molecule has 0 spiro atoms. The number of carbonyl (C=O) groups is 2. The van der Waals surface area contributed by atoms with Gasteiger partial charge in [0.15, 0.2) is 0 Å². The smallest absolute Gasteiger partial charge is 0.328 e. The van der Waals surface area contributed by atoms with E-state index in [9.17, 15) is 9.59 Å². The van der Waals surface area contributed by atoms with Crippen molar-refractivity contribution in [3.63, 3.8) is 0 Å². The second-order valence-corrected chi connectivity index (χ2v) is 11.7. The summed E-state index contributed by atoms with van der Waals surface area (Å²) in [5, 5.41) is 6.27. The number of benzene rings is 4. The molecule has 216 valence electrons. The zero-order chi connectivity index (χ0) is 29.7. The van der Waals surface area contributed by atoms with Crippen LogP contribution in [0.4, 0.5) is 0 Å². The Morgan fingerprint density at radius 2 is 1.55 bits per heavy atom. The van der Waals surface area contributed by atoms with Crippen molar-refractivity contribution in [2.24, 2.45) is 0 Å². The molecule has 42 heavy (non-hydrogen) atoms. The van der Waals surface area contributed by atoms with E-state index >= 15 is 0 Å². The van der Waals surface area contributed by atoms with Crippen LogP contribution in [0, 0.1) is 0 Å². The average molecular weight is 563 g/mol. The Morgan fingerprint density at radius 1 is 0.881 bits per heavy atom. The van der Waals surface area contributed by atoms with Crippen LogP contribution in [-0.4, -0.2) is 31.6 Å². The van der Waals surface area contributed by atoms with E-state index in [0.717, 1.165) is 40.0 Å². The molecule has 0 radical (unpaired) electrons. The van der Waals surface area contributed by atoms with Crippen LogP contribution >= 0.6 is 0 Å². The van der Waals surface area contributed by atoms with E-state index in [1.807, 2.05) is 72.8 Å². The van der Waals surface area contributed by atoms with E-state index in [4.69, 9.17) is 9.47 Å². The molecule has 5 rings (SSSR count). The average Bonchev–Trinajstić information content (AvgIpc) is 3.00. The van der Waals surface area contributed by atoms with E-state index in [-0.39, 0.29) is 11.3 Å². The van der Waals surface area contributed by atoms with Crippen molar-refractivity contribution in [3.8, 4) is 22.6 Å². The van der Waals surface area contributed by atoms with Gasteiger partial charge in [-0.05, 0) is 69.5 Å². The van der Waals surface area contributed by atoms with Gasteiger partial charge >= 0.3 is 5.97 Å². The van der Waals surface area contributed by atoms with Gasteiger partial charge in [-0.15, -0.1) is 0 Å². The summed E-state index contributed by atoms with van der Waals surface area (Å²) in [5.74, 6) is 0.625. The number of hydrogen-bond acceptors (Lipinski definition) is 5. The van der Waals surface area contributed by atoms with E-state index in [1.165, 1.54) is 12.7 Å². The molecule has 0 bridgehead atoms. The largest absolute Gasteiger partial charge is 0.467 e. The molecule has 6 nitrogen and oxygen atoms in total. The fraction of sp³-hybridized carbons (Fsp3) is 0.278. The van der Waals surface area contributed by atoms with E-state index in [1.54, 1.807) is 0 Å². The number of fused-ring (bicyclic) bond motifs is 1. The fourth-order valence-corrected chi connectivity index (χ4v) is 5.28. The van der Waals surface area contributed by atoms with E-state index < -0.39 is 18.1 Å². The van der Waals surface area contributed by atoms with Crippen molar-refractivity contribution in [1.82, 2.24) is 10.6 Å². The molecule has 1 aliphatic heterocycles. The molecule has 1 amide bonds. The first-order valence-electron chi connectivity index (χ1n) is 14.4. The third kappa shape index (κ3) is 6.89. The second kappa shape index (κ2) is 12.6. The van der Waals surface area contributed by atoms with Gasteiger partial charge in [0.2, 0.25) is 5.91 Å². The predicted molar refractivity (Wildman–Crippen MR) is 166 cm³/mol. The summed E-state index contributed by atoms with van der Waals surface area (Å²) in [4.78, 5) is 26.3. The third-order valence-corrected chi connectivity index (χ3v) is 7.69. The van der Waals surface area contributed by atoms with E-state index in [0.29, 0.717) is 18.7 Å². The first-order chi connectivity index (χ1) is 20.2. The molecule has 4 aromatic rings. The van der Waals surface area contributed by atoms with Crippen molar-refractivity contribution in [3.05, 3.63) is 119 Å². The Balaban J connectivity index is 1.30. The maximum absolute atomic E-state index is 13.6. The van der Waals surface area contributed by atoms with Crippen LogP contribution < -0.4 is 15.4 Å². The summed E-state index contributed by atoms with van der Waals surface area (Å²) in [5.41, 5.74) is 6.35. The summed E-state index contributed by atoms with van der Waals surface area (Å²) in [6.45, 7) is 7.19. The van der Waals surface area contributed by atoms with Crippen LogP contribution in [0.15, 0.2) is 97.1 Å². The number of methoxy groups -OCH3 is 1. The summed E-state index contributed by atoms with van der Waals surface area (Å²) >= 11 is 0. The van der Waals surface area contributed by atoms with Gasteiger partial charge in [0, 0.05) is 13.0 Å². The molecule has 0 aliphatic carbocycles. The number of rotatable bonds is 8. The fourth-order valence-electron chi connectivity index (χ4n) is 5.28. The Bertz CT molecular complexity index is 1520. The molecule has 1 aliphatic rings. The van der Waals surface area contributed by atoms with Crippen LogP contribution in [0.3, 0.4) is 0 Å². The lowest BCUT2D eigenvalue weighted by Gasteiger charge is -2.28. The van der Waals surface area contributed by atoms with Crippen LogP contribution in [0.1, 0.15) is 49.1 Å². The normalized spacial score (nSPS) is 15.3. The molecule has 4 aromatic carbocycles. The molecular weight excluding hydrogens is 524 g/mol. The third-order valence-electron chi connectivity index (χ3n) is 7.69. The Labute approximate surface area is 248 Å². The number of hydrogen-bond donors (Lipinski definition) is 2. The highest BCUT2D eigenvalue weighted by Gasteiger charge is 2.31. The topological polar surface area (TPSA) is 76.7 Å². The highest BCUT2D eigenvalue weighted by molar-refractivity contribution is 5.89. The standard InChI is InChI=1S/C36H38N2O4/c1-36(2,3)28-15-18-29(19-16-28)42-30-17-14-27-20-21-37-33(31(27)23-30)34(39)38-32(35(40)41-4)22-24-10-12-26(13-11-24)25-8-6-5-7-9-25/h5-19,23,32-33,37H,20-22H2,1-4H3,(H,38,39). The molecule has 2 unspecified atom stereocenters. The van der Waals surface area contributed by atoms with Gasteiger partial charge in [-0.2, -0.15) is 0 Å². The van der Waals surface area contributed by atoms with Gasteiger partial charge in [0.05, 0.1) is 7.11 Å². The lowest BCUT2D eigenvalue weighted by Crippen LogP contribution is -2.49. The maximum Gasteiger partial charge on any atom is 0.328 e. The number of amides is 1. The summed E-state index contributed by atoms with van der Waals surface area (Å²) in [6.07, 6.45) is 1.12. The minimum atomic E-state index is -0.821. The highest BCUT2D eigenvalue weighted by atomic mass is 16.5. The first kappa shape index (κ1) is 29.1. The molecule has 1 heterocycles. The van der Waals surface area contributed by atoms with Crippen LogP contribution in [-0.2, 0) is 32.6 Å². The van der Waals surface area contributed by atoms with Crippen molar-refractivity contribution >= 4 is 11.9 Å². The minimum absolute atomic E-state index is 0.0598. The van der Waals surface area contributed by atoms with Gasteiger partial charge < -0.3 is 20.1 Å². The monoisotopic (exact) mass is 562 g/mol. The second-order valence-electron chi connectivity index (χ2n) is 11.7. The molecular formula is C36H38N2O4. The van der Waals surface area contributed by atoms with Crippen molar-refractivity contribution in [1.29, 1.82) is 0 Å². The van der Waals surface area contributed by atoms with Gasteiger partial charge in [-0.3, -0.25) is 4.79 Å². The van der Waals surface area contributed by atoms with Gasteiger partial charge in [-0.25, -0.2) is 4.79 Å². The van der Waals surface area contributed by atoms with E-state index in [2.05, 4.69) is 55.7 Å². The highest BCUT2D eigenvalue weighted by Crippen LogP contribution is 2.31. The molecule has 6 heteroatoms. The van der Waals surface area contributed by atoms with Gasteiger partial charge in [0.25, 0.3) is 0 Å². The first-order valence-corrected chi connectivity index (χ1v) is 14.4. The van der Waals surface area contributed by atoms with Crippen molar-refractivity contribution in [2.45, 2.75) is 51.1 Å².